The number of dihydropyridines is 1. The molecule has 1 aliphatic rings. The van der Waals surface area contributed by atoms with E-state index < -0.39 is 0 Å². The Morgan fingerprint density at radius 2 is 1.22 bits per heavy atom. The predicted octanol–water partition coefficient (Wildman–Crippen LogP) is 10.3. The first-order valence-corrected chi connectivity index (χ1v) is 16.6. The fourth-order valence-electron chi connectivity index (χ4n) is 6.98. The van der Waals surface area contributed by atoms with Gasteiger partial charge in [0, 0.05) is 93.0 Å². The molecule has 0 saturated carbocycles. The van der Waals surface area contributed by atoms with Crippen LogP contribution in [0.5, 0.6) is 0 Å². The van der Waals surface area contributed by atoms with Crippen LogP contribution in [0.15, 0.2) is 152 Å². The van der Waals surface area contributed by atoms with Crippen LogP contribution < -0.4 is 5.32 Å². The van der Waals surface area contributed by atoms with Crippen LogP contribution in [0, 0.1) is 6.92 Å². The van der Waals surface area contributed by atoms with Crippen LogP contribution in [0.25, 0.3) is 77.2 Å². The molecule has 5 heteroatoms. The zero-order valence-electron chi connectivity index (χ0n) is 27.4. The number of para-hydroxylation sites is 1. The summed E-state index contributed by atoms with van der Waals surface area (Å²) in [5.41, 5.74) is 14.6. The van der Waals surface area contributed by atoms with Crippen LogP contribution in [0.4, 0.5) is 0 Å². The van der Waals surface area contributed by atoms with Gasteiger partial charge < -0.3 is 9.88 Å². The summed E-state index contributed by atoms with van der Waals surface area (Å²) in [6.45, 7) is 4.90. The minimum absolute atomic E-state index is 0.807. The lowest BCUT2D eigenvalue weighted by Gasteiger charge is -2.15. The summed E-state index contributed by atoms with van der Waals surface area (Å²) >= 11 is 0. The van der Waals surface area contributed by atoms with Crippen molar-refractivity contribution in [2.45, 2.75) is 13.8 Å². The molecule has 9 rings (SSSR count). The van der Waals surface area contributed by atoms with Gasteiger partial charge in [-0.3, -0.25) is 15.0 Å². The topological polar surface area (TPSA) is 55.6 Å². The van der Waals surface area contributed by atoms with E-state index in [-0.39, 0.29) is 0 Å². The highest BCUT2D eigenvalue weighted by Crippen LogP contribution is 2.39. The zero-order valence-corrected chi connectivity index (χ0v) is 27.4. The highest BCUT2D eigenvalue weighted by Gasteiger charge is 2.17. The zero-order chi connectivity index (χ0) is 32.9. The molecule has 0 amide bonds. The summed E-state index contributed by atoms with van der Waals surface area (Å²) < 4.78 is 2.41. The van der Waals surface area contributed by atoms with Crippen molar-refractivity contribution in [2.75, 3.05) is 6.54 Å². The Balaban J connectivity index is 1.20. The van der Waals surface area contributed by atoms with Gasteiger partial charge in [0.15, 0.2) is 0 Å². The molecule has 0 atom stereocenters. The minimum atomic E-state index is 0.807. The number of hydrogen-bond acceptors (Lipinski definition) is 4. The first-order chi connectivity index (χ1) is 24.1. The molecule has 0 spiro atoms. The van der Waals surface area contributed by atoms with E-state index in [2.05, 4.69) is 141 Å². The van der Waals surface area contributed by atoms with Crippen LogP contribution in [0.1, 0.15) is 18.2 Å². The second-order valence-electron chi connectivity index (χ2n) is 12.8. The lowest BCUT2D eigenvalue weighted by atomic mass is 9.97. The van der Waals surface area contributed by atoms with Crippen molar-refractivity contribution >= 4 is 38.2 Å². The Bertz CT molecular complexity index is 2610. The molecular formula is C44H33N5. The van der Waals surface area contributed by atoms with Gasteiger partial charge in [0.05, 0.1) is 11.0 Å². The second kappa shape index (κ2) is 11.7. The highest BCUT2D eigenvalue weighted by molar-refractivity contribution is 6.19. The maximum atomic E-state index is 4.63. The largest absolute Gasteiger partial charge is 0.384 e. The van der Waals surface area contributed by atoms with E-state index >= 15 is 0 Å². The number of pyridine rings is 3. The van der Waals surface area contributed by atoms with Crippen LogP contribution in [-0.4, -0.2) is 26.1 Å². The molecular weight excluding hydrogens is 599 g/mol. The lowest BCUT2D eigenvalue weighted by molar-refractivity contribution is 0.902. The van der Waals surface area contributed by atoms with Gasteiger partial charge in [0.25, 0.3) is 0 Å². The molecule has 0 saturated heterocycles. The Morgan fingerprint density at radius 3 is 1.96 bits per heavy atom. The minimum Gasteiger partial charge on any atom is -0.384 e. The van der Waals surface area contributed by atoms with Gasteiger partial charge in [-0.25, -0.2) is 0 Å². The molecule has 4 aromatic heterocycles. The molecule has 8 aromatic rings. The number of rotatable bonds is 5. The molecule has 5 heterocycles. The molecule has 0 unspecified atom stereocenters. The second-order valence-corrected chi connectivity index (χ2v) is 12.8. The fraction of sp³-hybridized carbons (Fsp3) is 0.0682. The molecule has 1 N–H and O–H groups in total. The van der Waals surface area contributed by atoms with Crippen molar-refractivity contribution in [2.24, 2.45) is 0 Å². The van der Waals surface area contributed by atoms with E-state index in [1.807, 2.05) is 44.0 Å². The Labute approximate surface area is 285 Å². The van der Waals surface area contributed by atoms with Gasteiger partial charge in [-0.2, -0.15) is 0 Å². The van der Waals surface area contributed by atoms with E-state index in [1.165, 1.54) is 38.3 Å². The third kappa shape index (κ3) is 5.17. The first kappa shape index (κ1) is 28.9. The van der Waals surface area contributed by atoms with Gasteiger partial charge in [-0.1, -0.05) is 66.7 Å². The first-order valence-electron chi connectivity index (χ1n) is 16.6. The molecule has 0 bridgehead atoms. The summed E-state index contributed by atoms with van der Waals surface area (Å²) in [7, 11) is 0. The van der Waals surface area contributed by atoms with Gasteiger partial charge in [0.1, 0.15) is 0 Å². The molecule has 0 aliphatic carbocycles. The maximum Gasteiger partial charge on any atom is 0.0619 e. The number of benzene rings is 4. The van der Waals surface area contributed by atoms with Crippen molar-refractivity contribution in [3.05, 3.63) is 163 Å². The van der Waals surface area contributed by atoms with Crippen molar-refractivity contribution in [1.29, 1.82) is 0 Å². The highest BCUT2D eigenvalue weighted by atomic mass is 15.0. The molecule has 5 nitrogen and oxygen atoms in total. The van der Waals surface area contributed by atoms with Crippen LogP contribution in [0.3, 0.4) is 0 Å². The molecule has 0 radical (unpaired) electrons. The van der Waals surface area contributed by atoms with Crippen LogP contribution in [0.2, 0.25) is 0 Å². The molecule has 1 aliphatic heterocycles. The SMILES string of the molecule is CC1=CC=C(c2cncc(-c3ccc4c(ccc5c6ccc(-c7cncc(-c8ccc(C)nc8)c7)cc6n(-c6ccccc6)c45)c3)c2)CN1. The number of aryl methyl sites for hydroxylation is 1. The third-order valence-electron chi connectivity index (χ3n) is 9.61. The number of fused-ring (bicyclic) bond motifs is 5. The summed E-state index contributed by atoms with van der Waals surface area (Å²) in [5, 5.41) is 8.29. The maximum absolute atomic E-state index is 4.63. The summed E-state index contributed by atoms with van der Waals surface area (Å²) in [4.78, 5) is 13.8. The molecule has 0 fully saturated rings. The number of aromatic nitrogens is 4. The predicted molar refractivity (Wildman–Crippen MR) is 202 cm³/mol. The normalized spacial score (nSPS) is 13.0. The number of hydrogen-bond donors (Lipinski definition) is 1. The van der Waals surface area contributed by atoms with Gasteiger partial charge in [-0.15, -0.1) is 0 Å². The van der Waals surface area contributed by atoms with Crippen molar-refractivity contribution < 1.29 is 0 Å². The van der Waals surface area contributed by atoms with Crippen LogP contribution in [-0.2, 0) is 0 Å². The Hall–Kier alpha value is -6.33. The van der Waals surface area contributed by atoms with E-state index in [0.717, 1.165) is 62.4 Å². The summed E-state index contributed by atoms with van der Waals surface area (Å²) in [5.74, 6) is 0. The van der Waals surface area contributed by atoms with Gasteiger partial charge in [-0.05, 0) is 90.0 Å². The average Bonchev–Trinajstić information content (AvgIpc) is 3.50. The Morgan fingerprint density at radius 1 is 0.551 bits per heavy atom. The summed E-state index contributed by atoms with van der Waals surface area (Å²) in [6, 6.07) is 37.4. The average molecular weight is 632 g/mol. The van der Waals surface area contributed by atoms with Crippen molar-refractivity contribution in [3.8, 4) is 39.1 Å². The van der Waals surface area contributed by atoms with Crippen molar-refractivity contribution in [3.63, 3.8) is 0 Å². The number of nitrogens with one attached hydrogen (secondary N) is 1. The lowest BCUT2D eigenvalue weighted by Crippen LogP contribution is -2.17. The summed E-state index contributed by atoms with van der Waals surface area (Å²) in [6.07, 6.45) is 14.0. The third-order valence-corrected chi connectivity index (χ3v) is 9.61. The number of nitrogens with zero attached hydrogens (tertiary/aromatic N) is 4. The Kier molecular flexibility index (Phi) is 6.91. The van der Waals surface area contributed by atoms with Gasteiger partial charge in [0.2, 0.25) is 0 Å². The fourth-order valence-corrected chi connectivity index (χ4v) is 6.98. The quantitative estimate of drug-likeness (QED) is 0.205. The van der Waals surface area contributed by atoms with E-state index in [0.29, 0.717) is 0 Å². The van der Waals surface area contributed by atoms with Crippen LogP contribution >= 0.6 is 0 Å². The van der Waals surface area contributed by atoms with Crippen molar-refractivity contribution in [1.82, 2.24) is 24.8 Å². The monoisotopic (exact) mass is 631 g/mol. The van der Waals surface area contributed by atoms with E-state index in [1.54, 1.807) is 0 Å². The molecule has 234 valence electrons. The molecule has 4 aromatic carbocycles. The molecule has 49 heavy (non-hydrogen) atoms. The van der Waals surface area contributed by atoms with E-state index in [9.17, 15) is 0 Å². The van der Waals surface area contributed by atoms with Gasteiger partial charge >= 0.3 is 0 Å². The van der Waals surface area contributed by atoms with E-state index in [4.69, 9.17) is 0 Å². The number of allylic oxidation sites excluding steroid dienone is 3. The smallest absolute Gasteiger partial charge is 0.0619 e. The standard InChI is InChI=1S/C44H33N5/c1-28-8-10-33(26-47-28)37-19-35(22-45-24-37)30-12-15-40-32(18-30)14-17-42-41-16-13-31(21-43(41)49(44(40)42)39-6-4-3-5-7-39)36-20-38(25-46-23-36)34-11-9-29(2)48-27-34/h3-25,27,47H,26H2,1-2H3.